The van der Waals surface area contributed by atoms with Crippen LogP contribution in [0.15, 0.2) is 48.5 Å². The Balaban J connectivity index is 0.00000162. The van der Waals surface area contributed by atoms with Crippen molar-refractivity contribution >= 4 is 41.1 Å². The number of hydrogen-bond acceptors (Lipinski definition) is 3. The number of benzene rings is 2. The van der Waals surface area contributed by atoms with E-state index < -0.39 is 4.92 Å². The van der Waals surface area contributed by atoms with Crippen LogP contribution >= 0.6 is 24.0 Å². The number of rotatable bonds is 3. The van der Waals surface area contributed by atoms with Gasteiger partial charge in [0.2, 0.25) is 0 Å². The van der Waals surface area contributed by atoms with Gasteiger partial charge >= 0.3 is 0 Å². The largest absolute Gasteiger partial charge is 0.355 e. The molecule has 6 heteroatoms. The molecule has 2 aromatic rings. The summed E-state index contributed by atoms with van der Waals surface area (Å²) >= 11 is 5.72. The molecular weight excluding hydrogens is 275 g/mol. The average molecular weight is 285 g/mol. The molecule has 18 heavy (non-hydrogen) atoms. The summed E-state index contributed by atoms with van der Waals surface area (Å²) in [7, 11) is 0. The van der Waals surface area contributed by atoms with Crippen molar-refractivity contribution in [2.45, 2.75) is 0 Å². The van der Waals surface area contributed by atoms with Crippen LogP contribution in [0.4, 0.5) is 17.1 Å². The molecule has 2 aromatic carbocycles. The van der Waals surface area contributed by atoms with Crippen molar-refractivity contribution in [3.05, 3.63) is 63.7 Å². The molecule has 0 spiro atoms. The van der Waals surface area contributed by atoms with Crippen molar-refractivity contribution in [1.82, 2.24) is 0 Å². The highest BCUT2D eigenvalue weighted by atomic mass is 35.5. The van der Waals surface area contributed by atoms with Gasteiger partial charge in [-0.25, -0.2) is 0 Å². The molecular formula is C12H10Cl2N2O2. The highest BCUT2D eigenvalue weighted by molar-refractivity contribution is 6.32. The third-order valence-electron chi connectivity index (χ3n) is 2.21. The van der Waals surface area contributed by atoms with Crippen molar-refractivity contribution in [2.24, 2.45) is 0 Å². The predicted molar refractivity (Wildman–Crippen MR) is 75.1 cm³/mol. The molecule has 0 aliphatic heterocycles. The standard InChI is InChI=1S/C12H9ClN2O2.ClH/c13-11-7-6-10(8-12(11)15(16)17)14-9-4-2-1-3-5-9;/h1-8,14H;1H. The summed E-state index contributed by atoms with van der Waals surface area (Å²) in [5.41, 5.74) is 1.39. The zero-order valence-corrected chi connectivity index (χ0v) is 10.7. The quantitative estimate of drug-likeness (QED) is 0.671. The fraction of sp³-hybridized carbons (Fsp3) is 0. The van der Waals surface area contributed by atoms with E-state index in [9.17, 15) is 10.1 Å². The summed E-state index contributed by atoms with van der Waals surface area (Å²) in [6.07, 6.45) is 0. The molecule has 0 radical (unpaired) electrons. The van der Waals surface area contributed by atoms with E-state index in [1.54, 1.807) is 6.07 Å². The summed E-state index contributed by atoms with van der Waals surface area (Å²) in [5, 5.41) is 13.9. The SMILES string of the molecule is Cl.O=[N+]([O-])c1cc(Nc2ccccc2)ccc1Cl. The van der Waals surface area contributed by atoms with Gasteiger partial charge in [0.15, 0.2) is 0 Å². The molecule has 0 aromatic heterocycles. The summed E-state index contributed by atoms with van der Waals surface area (Å²) in [4.78, 5) is 10.2. The maximum absolute atomic E-state index is 10.7. The van der Waals surface area contributed by atoms with E-state index in [-0.39, 0.29) is 23.1 Å². The van der Waals surface area contributed by atoms with Crippen molar-refractivity contribution in [2.75, 3.05) is 5.32 Å². The van der Waals surface area contributed by atoms with Gasteiger partial charge in [0.25, 0.3) is 5.69 Å². The average Bonchev–Trinajstić information content (AvgIpc) is 2.32. The van der Waals surface area contributed by atoms with Crippen LogP contribution in [0.5, 0.6) is 0 Å². The molecule has 0 atom stereocenters. The van der Waals surface area contributed by atoms with Gasteiger partial charge in [0, 0.05) is 17.4 Å². The van der Waals surface area contributed by atoms with Crippen LogP contribution in [0, 0.1) is 10.1 Å². The van der Waals surface area contributed by atoms with E-state index in [4.69, 9.17) is 11.6 Å². The molecule has 1 N–H and O–H groups in total. The smallest absolute Gasteiger partial charge is 0.289 e. The van der Waals surface area contributed by atoms with Gasteiger partial charge in [-0.2, -0.15) is 0 Å². The Kier molecular flexibility index (Phi) is 4.95. The van der Waals surface area contributed by atoms with Crippen LogP contribution in [0.1, 0.15) is 0 Å². The van der Waals surface area contributed by atoms with Crippen molar-refractivity contribution in [3.63, 3.8) is 0 Å². The maximum atomic E-state index is 10.7. The Morgan fingerprint density at radius 3 is 2.33 bits per heavy atom. The maximum Gasteiger partial charge on any atom is 0.289 e. The minimum atomic E-state index is -0.501. The molecule has 4 nitrogen and oxygen atoms in total. The minimum Gasteiger partial charge on any atom is -0.355 e. The first kappa shape index (κ1) is 14.3. The number of anilines is 2. The van der Waals surface area contributed by atoms with Gasteiger partial charge < -0.3 is 5.32 Å². The van der Waals surface area contributed by atoms with E-state index in [1.165, 1.54) is 12.1 Å². The molecule has 0 saturated carbocycles. The van der Waals surface area contributed by atoms with Crippen LogP contribution in [0.2, 0.25) is 5.02 Å². The second kappa shape index (κ2) is 6.23. The topological polar surface area (TPSA) is 55.2 Å². The molecule has 0 bridgehead atoms. The molecule has 0 aliphatic carbocycles. The zero-order chi connectivity index (χ0) is 12.3. The monoisotopic (exact) mass is 284 g/mol. The van der Waals surface area contributed by atoms with E-state index in [1.807, 2.05) is 30.3 Å². The number of nitro groups is 1. The van der Waals surface area contributed by atoms with Gasteiger partial charge in [-0.3, -0.25) is 10.1 Å². The molecule has 94 valence electrons. The number of nitrogens with zero attached hydrogens (tertiary/aromatic N) is 1. The Bertz CT molecular complexity index is 547. The Hall–Kier alpha value is -1.78. The van der Waals surface area contributed by atoms with Crippen molar-refractivity contribution in [1.29, 1.82) is 0 Å². The van der Waals surface area contributed by atoms with Crippen LogP contribution in [0.3, 0.4) is 0 Å². The Labute approximate surface area is 115 Å². The zero-order valence-electron chi connectivity index (χ0n) is 9.17. The van der Waals surface area contributed by atoms with Crippen LogP contribution < -0.4 is 5.32 Å². The number of halogens is 2. The molecule has 0 amide bonds. The van der Waals surface area contributed by atoms with Crippen LogP contribution in [0.25, 0.3) is 0 Å². The number of para-hydroxylation sites is 1. The van der Waals surface area contributed by atoms with Gasteiger partial charge in [-0.15, -0.1) is 12.4 Å². The van der Waals surface area contributed by atoms with Gasteiger partial charge in [-0.05, 0) is 24.3 Å². The summed E-state index contributed by atoms with van der Waals surface area (Å²) in [5.74, 6) is 0. The lowest BCUT2D eigenvalue weighted by Crippen LogP contribution is -1.93. The first-order valence-corrected chi connectivity index (χ1v) is 5.30. The molecule has 0 aliphatic rings. The molecule has 0 unspecified atom stereocenters. The fourth-order valence-corrected chi connectivity index (χ4v) is 1.61. The highest BCUT2D eigenvalue weighted by Crippen LogP contribution is 2.28. The summed E-state index contributed by atoms with van der Waals surface area (Å²) in [6, 6.07) is 14.0. The van der Waals surface area contributed by atoms with Gasteiger partial charge in [-0.1, -0.05) is 29.8 Å². The fourth-order valence-electron chi connectivity index (χ4n) is 1.42. The number of hydrogen-bond donors (Lipinski definition) is 1. The first-order valence-electron chi connectivity index (χ1n) is 4.93. The van der Waals surface area contributed by atoms with Gasteiger partial charge in [0.05, 0.1) is 4.92 Å². The van der Waals surface area contributed by atoms with E-state index in [0.29, 0.717) is 5.69 Å². The van der Waals surface area contributed by atoms with E-state index >= 15 is 0 Å². The Morgan fingerprint density at radius 1 is 1.06 bits per heavy atom. The summed E-state index contributed by atoms with van der Waals surface area (Å²) < 4.78 is 0. The van der Waals surface area contributed by atoms with E-state index in [0.717, 1.165) is 5.69 Å². The lowest BCUT2D eigenvalue weighted by atomic mass is 10.2. The van der Waals surface area contributed by atoms with Crippen molar-refractivity contribution < 1.29 is 4.92 Å². The van der Waals surface area contributed by atoms with Crippen LogP contribution in [-0.2, 0) is 0 Å². The molecule has 0 heterocycles. The van der Waals surface area contributed by atoms with Crippen LogP contribution in [-0.4, -0.2) is 4.92 Å². The number of nitro benzene ring substituents is 1. The third-order valence-corrected chi connectivity index (χ3v) is 2.52. The second-order valence-electron chi connectivity index (χ2n) is 3.41. The highest BCUT2D eigenvalue weighted by Gasteiger charge is 2.12. The number of nitrogens with one attached hydrogen (secondary N) is 1. The summed E-state index contributed by atoms with van der Waals surface area (Å²) in [6.45, 7) is 0. The lowest BCUT2D eigenvalue weighted by Gasteiger charge is -2.06. The second-order valence-corrected chi connectivity index (χ2v) is 3.82. The van der Waals surface area contributed by atoms with E-state index in [2.05, 4.69) is 5.32 Å². The Morgan fingerprint density at radius 2 is 1.72 bits per heavy atom. The first-order chi connectivity index (χ1) is 8.16. The normalized spacial score (nSPS) is 9.39. The molecule has 2 rings (SSSR count). The molecule has 0 saturated heterocycles. The predicted octanol–water partition coefficient (Wildman–Crippen LogP) is 4.41. The van der Waals surface area contributed by atoms with Crippen molar-refractivity contribution in [3.8, 4) is 0 Å². The lowest BCUT2D eigenvalue weighted by molar-refractivity contribution is -0.384. The van der Waals surface area contributed by atoms with Gasteiger partial charge in [0.1, 0.15) is 5.02 Å². The molecule has 0 fully saturated rings. The third kappa shape index (κ3) is 3.35. The minimum absolute atomic E-state index is 0.